The summed E-state index contributed by atoms with van der Waals surface area (Å²) in [6.45, 7) is 3.96. The van der Waals surface area contributed by atoms with Crippen molar-refractivity contribution in [1.29, 1.82) is 0 Å². The molecule has 0 aromatic carbocycles. The van der Waals surface area contributed by atoms with Crippen molar-refractivity contribution < 1.29 is 4.79 Å². The van der Waals surface area contributed by atoms with Gasteiger partial charge in [0.15, 0.2) is 0 Å². The first kappa shape index (κ1) is 10.3. The Morgan fingerprint density at radius 2 is 2.23 bits per heavy atom. The van der Waals surface area contributed by atoms with Gasteiger partial charge < -0.3 is 9.88 Å². The number of aromatic nitrogens is 1. The van der Waals surface area contributed by atoms with Gasteiger partial charge in [0.05, 0.1) is 0 Å². The molecule has 0 saturated carbocycles. The summed E-state index contributed by atoms with van der Waals surface area (Å²) in [5.74, 6) is 0.0145. The molecule has 1 amide bonds. The fourth-order valence-corrected chi connectivity index (χ4v) is 1.26. The molecule has 0 aliphatic heterocycles. The molecule has 0 spiro atoms. The number of H-pyrrole nitrogens is 1. The van der Waals surface area contributed by atoms with Crippen LogP contribution in [0.15, 0.2) is 16.7 Å². The number of carbonyl (C=O) groups excluding carboxylic acids is 1. The molecule has 1 aromatic heterocycles. The Balaban J connectivity index is 2.79. The molecule has 0 bridgehead atoms. The van der Waals surface area contributed by atoms with E-state index in [1.54, 1.807) is 24.2 Å². The lowest BCUT2D eigenvalue weighted by Gasteiger charge is -2.20. The predicted molar refractivity (Wildman–Crippen MR) is 55.7 cm³/mol. The smallest absolute Gasteiger partial charge is 0.270 e. The van der Waals surface area contributed by atoms with E-state index >= 15 is 0 Å². The summed E-state index contributed by atoms with van der Waals surface area (Å²) in [5, 5.41) is 0. The second-order valence-corrected chi connectivity index (χ2v) is 4.16. The zero-order chi connectivity index (χ0) is 10.0. The normalized spacial score (nSPS) is 10.5. The molecule has 1 aromatic rings. The van der Waals surface area contributed by atoms with E-state index in [-0.39, 0.29) is 11.9 Å². The minimum Gasteiger partial charge on any atom is -0.356 e. The van der Waals surface area contributed by atoms with Crippen molar-refractivity contribution in [1.82, 2.24) is 9.88 Å². The lowest BCUT2D eigenvalue weighted by Crippen LogP contribution is -2.33. The lowest BCUT2D eigenvalue weighted by molar-refractivity contribution is 0.0750. The van der Waals surface area contributed by atoms with Crippen LogP contribution in [0.25, 0.3) is 0 Å². The zero-order valence-electron chi connectivity index (χ0n) is 7.97. The molecule has 1 N–H and O–H groups in total. The van der Waals surface area contributed by atoms with Crippen LogP contribution in [-0.4, -0.2) is 28.9 Å². The van der Waals surface area contributed by atoms with Crippen LogP contribution in [0.5, 0.6) is 0 Å². The molecule has 0 atom stereocenters. The summed E-state index contributed by atoms with van der Waals surface area (Å²) < 4.78 is 0.896. The second-order valence-electron chi connectivity index (χ2n) is 3.24. The minimum atomic E-state index is 0.0145. The first-order valence-corrected chi connectivity index (χ1v) is 4.92. The Bertz CT molecular complexity index is 306. The first-order valence-electron chi connectivity index (χ1n) is 4.13. The molecule has 4 heteroatoms. The van der Waals surface area contributed by atoms with Gasteiger partial charge in [-0.3, -0.25) is 4.79 Å². The molecule has 1 rings (SSSR count). The maximum Gasteiger partial charge on any atom is 0.270 e. The second kappa shape index (κ2) is 3.96. The number of amides is 1. The molecule has 0 aliphatic rings. The monoisotopic (exact) mass is 244 g/mol. The highest BCUT2D eigenvalue weighted by Crippen LogP contribution is 2.12. The highest BCUT2D eigenvalue weighted by Gasteiger charge is 2.15. The fraction of sp³-hybridized carbons (Fsp3) is 0.444. The molecule has 0 unspecified atom stereocenters. The number of aromatic amines is 1. The molecule has 0 fully saturated rings. The highest BCUT2D eigenvalue weighted by atomic mass is 79.9. The number of rotatable bonds is 2. The van der Waals surface area contributed by atoms with Gasteiger partial charge in [0.2, 0.25) is 0 Å². The van der Waals surface area contributed by atoms with E-state index in [2.05, 4.69) is 20.9 Å². The highest BCUT2D eigenvalue weighted by molar-refractivity contribution is 9.10. The maximum atomic E-state index is 11.7. The first-order chi connectivity index (χ1) is 6.02. The van der Waals surface area contributed by atoms with E-state index in [0.29, 0.717) is 5.69 Å². The van der Waals surface area contributed by atoms with Crippen LogP contribution in [0.3, 0.4) is 0 Å². The van der Waals surface area contributed by atoms with Gasteiger partial charge in [-0.2, -0.15) is 0 Å². The molecular weight excluding hydrogens is 232 g/mol. The van der Waals surface area contributed by atoms with E-state index in [1.807, 2.05) is 13.8 Å². The van der Waals surface area contributed by atoms with Crippen molar-refractivity contribution in [3.05, 3.63) is 22.4 Å². The zero-order valence-corrected chi connectivity index (χ0v) is 9.55. The van der Waals surface area contributed by atoms with E-state index in [0.717, 1.165) is 4.47 Å². The number of nitrogens with one attached hydrogen (secondary N) is 1. The molecule has 13 heavy (non-hydrogen) atoms. The number of carbonyl (C=O) groups is 1. The molecule has 72 valence electrons. The Morgan fingerprint density at radius 3 is 2.62 bits per heavy atom. The molecule has 0 saturated heterocycles. The SMILES string of the molecule is CC(C)N(C)C(=O)c1cc(Br)c[nH]1. The van der Waals surface area contributed by atoms with E-state index in [1.165, 1.54) is 0 Å². The number of nitrogens with zero attached hydrogens (tertiary/aromatic N) is 1. The average molecular weight is 245 g/mol. The number of hydrogen-bond donors (Lipinski definition) is 1. The van der Waals surface area contributed by atoms with Crippen LogP contribution in [0, 0.1) is 0 Å². The van der Waals surface area contributed by atoms with Gasteiger partial charge in [0.25, 0.3) is 5.91 Å². The Morgan fingerprint density at radius 1 is 1.62 bits per heavy atom. The fourth-order valence-electron chi connectivity index (χ4n) is 0.916. The summed E-state index contributed by atoms with van der Waals surface area (Å²) in [5.41, 5.74) is 0.614. The van der Waals surface area contributed by atoms with E-state index in [4.69, 9.17) is 0 Å². The van der Waals surface area contributed by atoms with Crippen LogP contribution in [0.4, 0.5) is 0 Å². The Kier molecular flexibility index (Phi) is 3.14. The minimum absolute atomic E-state index is 0.0145. The van der Waals surface area contributed by atoms with E-state index < -0.39 is 0 Å². The van der Waals surface area contributed by atoms with Crippen molar-refractivity contribution in [2.75, 3.05) is 7.05 Å². The average Bonchev–Trinajstić information content (AvgIpc) is 2.49. The maximum absolute atomic E-state index is 11.7. The van der Waals surface area contributed by atoms with Gasteiger partial charge in [-0.25, -0.2) is 0 Å². The van der Waals surface area contributed by atoms with Crippen molar-refractivity contribution in [2.45, 2.75) is 19.9 Å². The van der Waals surface area contributed by atoms with Crippen LogP contribution in [0.1, 0.15) is 24.3 Å². The standard InChI is InChI=1S/C9H13BrN2O/c1-6(2)12(3)9(13)8-4-7(10)5-11-8/h4-6,11H,1-3H3. The van der Waals surface area contributed by atoms with Gasteiger partial charge in [0, 0.05) is 23.8 Å². The molecule has 1 heterocycles. The summed E-state index contributed by atoms with van der Waals surface area (Å²) in [6, 6.07) is 2.00. The van der Waals surface area contributed by atoms with Crippen molar-refractivity contribution in [2.24, 2.45) is 0 Å². The predicted octanol–water partition coefficient (Wildman–Crippen LogP) is 2.26. The van der Waals surface area contributed by atoms with Crippen LogP contribution < -0.4 is 0 Å². The van der Waals surface area contributed by atoms with Crippen molar-refractivity contribution in [3.8, 4) is 0 Å². The molecular formula is C9H13BrN2O. The molecule has 0 radical (unpaired) electrons. The van der Waals surface area contributed by atoms with Gasteiger partial charge >= 0.3 is 0 Å². The van der Waals surface area contributed by atoms with Crippen LogP contribution in [-0.2, 0) is 0 Å². The largest absolute Gasteiger partial charge is 0.356 e. The quantitative estimate of drug-likeness (QED) is 0.852. The van der Waals surface area contributed by atoms with Crippen molar-refractivity contribution in [3.63, 3.8) is 0 Å². The van der Waals surface area contributed by atoms with Crippen molar-refractivity contribution >= 4 is 21.8 Å². The van der Waals surface area contributed by atoms with Gasteiger partial charge in [-0.15, -0.1) is 0 Å². The number of hydrogen-bond acceptors (Lipinski definition) is 1. The van der Waals surface area contributed by atoms with Gasteiger partial charge in [-0.1, -0.05) is 0 Å². The van der Waals surface area contributed by atoms with Crippen LogP contribution in [0.2, 0.25) is 0 Å². The molecule has 0 aliphatic carbocycles. The van der Waals surface area contributed by atoms with Gasteiger partial charge in [0.1, 0.15) is 5.69 Å². The summed E-state index contributed by atoms with van der Waals surface area (Å²) in [7, 11) is 1.79. The topological polar surface area (TPSA) is 36.1 Å². The van der Waals surface area contributed by atoms with Crippen LogP contribution >= 0.6 is 15.9 Å². The van der Waals surface area contributed by atoms with E-state index in [9.17, 15) is 4.79 Å². The number of halogens is 1. The lowest BCUT2D eigenvalue weighted by atomic mass is 10.3. The summed E-state index contributed by atoms with van der Waals surface area (Å²) in [6.07, 6.45) is 1.75. The Hall–Kier alpha value is -0.770. The third-order valence-corrected chi connectivity index (χ3v) is 2.43. The van der Waals surface area contributed by atoms with Gasteiger partial charge in [-0.05, 0) is 35.8 Å². The third-order valence-electron chi connectivity index (χ3n) is 1.97. The summed E-state index contributed by atoms with van der Waals surface area (Å²) >= 11 is 3.28. The Labute approximate surface area is 86.3 Å². The molecule has 3 nitrogen and oxygen atoms in total. The third kappa shape index (κ3) is 2.34. The summed E-state index contributed by atoms with van der Waals surface area (Å²) in [4.78, 5) is 16.3.